The van der Waals surface area contributed by atoms with Crippen molar-refractivity contribution in [2.75, 3.05) is 0 Å². The van der Waals surface area contributed by atoms with E-state index in [2.05, 4.69) is 0 Å². The summed E-state index contributed by atoms with van der Waals surface area (Å²) in [6.07, 6.45) is -0.740. The van der Waals surface area contributed by atoms with Gasteiger partial charge in [-0.2, -0.15) is 17.7 Å². The fraction of sp³-hybridized carbons (Fsp3) is 0.308. The highest BCUT2D eigenvalue weighted by atomic mass is 19.4. The van der Waals surface area contributed by atoms with Crippen LogP contribution in [-0.4, -0.2) is 4.57 Å². The third-order valence-corrected chi connectivity index (χ3v) is 3.17. The molecule has 0 fully saturated rings. The van der Waals surface area contributed by atoms with Crippen molar-refractivity contribution in [3.05, 3.63) is 47.5 Å². The Morgan fingerprint density at radius 3 is 2.33 bits per heavy atom. The normalized spacial score (nSPS) is 11.9. The zero-order chi connectivity index (χ0) is 13.5. The highest BCUT2D eigenvalue weighted by Crippen LogP contribution is 2.32. The summed E-state index contributed by atoms with van der Waals surface area (Å²) in [5.41, 5.74) is 0.211. The van der Waals surface area contributed by atoms with Gasteiger partial charge in [0.05, 0.1) is 12.6 Å². The molecule has 0 aliphatic rings. The molecule has 1 aromatic heterocycles. The number of nitrogens with zero attached hydrogens (tertiary/aromatic N) is 2. The van der Waals surface area contributed by atoms with Crippen LogP contribution in [0.4, 0.5) is 13.2 Å². The number of benzene rings is 1. The van der Waals surface area contributed by atoms with Gasteiger partial charge in [0.25, 0.3) is 5.82 Å². The first-order chi connectivity index (χ1) is 8.32. The van der Waals surface area contributed by atoms with Gasteiger partial charge >= 0.3 is 6.18 Å². The van der Waals surface area contributed by atoms with Gasteiger partial charge in [-0.1, -0.05) is 6.07 Å². The maximum absolute atomic E-state index is 12.8. The zero-order valence-electron chi connectivity index (χ0n) is 10.4. The molecular formula is C13H14F3N2+. The summed E-state index contributed by atoms with van der Waals surface area (Å²) in [5, 5.41) is 0. The fourth-order valence-electron chi connectivity index (χ4n) is 2.00. The minimum Gasteiger partial charge on any atom is -0.237 e. The van der Waals surface area contributed by atoms with E-state index in [1.807, 2.05) is 24.7 Å². The minimum atomic E-state index is -4.32. The van der Waals surface area contributed by atoms with Crippen molar-refractivity contribution < 1.29 is 17.7 Å². The lowest BCUT2D eigenvalue weighted by Gasteiger charge is -2.12. The largest absolute Gasteiger partial charge is 0.416 e. The molecule has 96 valence electrons. The van der Waals surface area contributed by atoms with Gasteiger partial charge in [0.15, 0.2) is 0 Å². The van der Waals surface area contributed by atoms with E-state index >= 15 is 0 Å². The van der Waals surface area contributed by atoms with Crippen LogP contribution in [0, 0.1) is 13.8 Å². The third kappa shape index (κ3) is 2.00. The molecule has 5 heteroatoms. The Balaban J connectivity index is 2.64. The van der Waals surface area contributed by atoms with Crippen molar-refractivity contribution in [2.45, 2.75) is 20.0 Å². The molecular weight excluding hydrogens is 241 g/mol. The van der Waals surface area contributed by atoms with Crippen LogP contribution in [0.5, 0.6) is 0 Å². The van der Waals surface area contributed by atoms with Crippen LogP contribution in [0.1, 0.15) is 17.0 Å². The second-order valence-electron chi connectivity index (χ2n) is 4.27. The van der Waals surface area contributed by atoms with Crippen molar-refractivity contribution >= 4 is 0 Å². The molecule has 2 rings (SSSR count). The fourth-order valence-corrected chi connectivity index (χ4v) is 2.00. The predicted molar refractivity (Wildman–Crippen MR) is 61.4 cm³/mol. The molecule has 0 aliphatic carbocycles. The number of halogens is 3. The van der Waals surface area contributed by atoms with Crippen molar-refractivity contribution in [3.63, 3.8) is 0 Å². The zero-order valence-corrected chi connectivity index (χ0v) is 10.4. The smallest absolute Gasteiger partial charge is 0.237 e. The van der Waals surface area contributed by atoms with Gasteiger partial charge in [-0.05, 0) is 19.1 Å². The molecule has 0 unspecified atom stereocenters. The van der Waals surface area contributed by atoms with Crippen LogP contribution in [0.3, 0.4) is 0 Å². The molecule has 0 atom stereocenters. The molecule has 0 saturated carbocycles. The van der Waals surface area contributed by atoms with Crippen LogP contribution in [-0.2, 0) is 13.2 Å². The Hall–Kier alpha value is -1.78. The number of imidazole rings is 1. The van der Waals surface area contributed by atoms with Crippen molar-refractivity contribution in [2.24, 2.45) is 7.05 Å². The summed E-state index contributed by atoms with van der Waals surface area (Å²) in [5.74, 6) is 0.873. The molecule has 0 spiro atoms. The molecule has 1 aromatic carbocycles. The molecule has 2 nitrogen and oxygen atoms in total. The lowest BCUT2D eigenvalue weighted by atomic mass is 10.1. The second kappa shape index (κ2) is 4.15. The Morgan fingerprint density at radius 2 is 1.83 bits per heavy atom. The van der Waals surface area contributed by atoms with Crippen LogP contribution in [0.2, 0.25) is 0 Å². The molecule has 0 N–H and O–H groups in total. The topological polar surface area (TPSA) is 8.81 Å². The van der Waals surface area contributed by atoms with Crippen LogP contribution >= 0.6 is 0 Å². The quantitative estimate of drug-likeness (QED) is 0.693. The predicted octanol–water partition coefficient (Wildman–Crippen LogP) is 2.94. The summed E-state index contributed by atoms with van der Waals surface area (Å²) in [6, 6.07) is 4.24. The first-order valence-corrected chi connectivity index (χ1v) is 5.53. The molecule has 0 aliphatic heterocycles. The standard InChI is InChI=1S/C13H14F3N2/c1-9-11(13(14,15)16)5-4-6-12(9)18-8-7-17(3)10(18)2/h4-8H,1-3H3/q+1. The number of alkyl halides is 3. The average Bonchev–Trinajstić information content (AvgIpc) is 2.59. The van der Waals surface area contributed by atoms with Gasteiger partial charge in [0.1, 0.15) is 18.1 Å². The molecule has 0 radical (unpaired) electrons. The van der Waals surface area contributed by atoms with E-state index in [1.165, 1.54) is 13.0 Å². The second-order valence-corrected chi connectivity index (χ2v) is 4.27. The van der Waals surface area contributed by atoms with E-state index in [0.29, 0.717) is 5.69 Å². The molecule has 2 aromatic rings. The Bertz CT molecular complexity index is 582. The van der Waals surface area contributed by atoms with E-state index in [-0.39, 0.29) is 5.56 Å². The summed E-state index contributed by atoms with van der Waals surface area (Å²) in [7, 11) is 1.86. The van der Waals surface area contributed by atoms with Crippen molar-refractivity contribution in [1.29, 1.82) is 0 Å². The van der Waals surface area contributed by atoms with Gasteiger partial charge in [-0.3, -0.25) is 0 Å². The summed E-state index contributed by atoms with van der Waals surface area (Å²) in [4.78, 5) is 0. The van der Waals surface area contributed by atoms with Gasteiger partial charge in [-0.15, -0.1) is 0 Å². The highest BCUT2D eigenvalue weighted by molar-refractivity contribution is 5.40. The first kappa shape index (κ1) is 12.7. The monoisotopic (exact) mass is 255 g/mol. The van der Waals surface area contributed by atoms with E-state index in [9.17, 15) is 13.2 Å². The number of hydrogen-bond acceptors (Lipinski definition) is 0. The van der Waals surface area contributed by atoms with E-state index < -0.39 is 11.7 Å². The average molecular weight is 255 g/mol. The molecule has 0 amide bonds. The Kier molecular flexibility index (Phi) is 2.92. The lowest BCUT2D eigenvalue weighted by Crippen LogP contribution is -2.34. The molecule has 18 heavy (non-hydrogen) atoms. The first-order valence-electron chi connectivity index (χ1n) is 5.53. The van der Waals surface area contributed by atoms with Gasteiger partial charge in [0, 0.05) is 12.5 Å². The molecule has 0 bridgehead atoms. The van der Waals surface area contributed by atoms with Crippen LogP contribution < -0.4 is 4.57 Å². The van der Waals surface area contributed by atoms with E-state index in [4.69, 9.17) is 0 Å². The number of aryl methyl sites for hydroxylation is 1. The Morgan fingerprint density at radius 1 is 1.17 bits per heavy atom. The van der Waals surface area contributed by atoms with Crippen molar-refractivity contribution in [1.82, 2.24) is 4.57 Å². The number of aromatic nitrogens is 2. The number of rotatable bonds is 1. The van der Waals surface area contributed by atoms with E-state index in [0.717, 1.165) is 11.9 Å². The summed E-state index contributed by atoms with van der Waals surface area (Å²) >= 11 is 0. The van der Waals surface area contributed by atoms with Crippen LogP contribution in [0.15, 0.2) is 30.6 Å². The third-order valence-electron chi connectivity index (χ3n) is 3.17. The SMILES string of the molecule is Cc1c(-[n+]2ccn(C)c2C)cccc1C(F)(F)F. The maximum Gasteiger partial charge on any atom is 0.416 e. The molecule has 0 saturated heterocycles. The lowest BCUT2D eigenvalue weighted by molar-refractivity contribution is -0.602. The molecule has 1 heterocycles. The van der Waals surface area contributed by atoms with Gasteiger partial charge < -0.3 is 0 Å². The summed E-state index contributed by atoms with van der Waals surface area (Å²) < 4.78 is 42.1. The highest BCUT2D eigenvalue weighted by Gasteiger charge is 2.34. The van der Waals surface area contributed by atoms with Crippen molar-refractivity contribution in [3.8, 4) is 5.69 Å². The maximum atomic E-state index is 12.8. The Labute approximate surface area is 103 Å². The van der Waals surface area contributed by atoms with Crippen LogP contribution in [0.25, 0.3) is 5.69 Å². The van der Waals surface area contributed by atoms with Gasteiger partial charge in [-0.25, -0.2) is 4.57 Å². The number of hydrogen-bond donors (Lipinski definition) is 0. The van der Waals surface area contributed by atoms with Gasteiger partial charge in [0.2, 0.25) is 0 Å². The summed E-state index contributed by atoms with van der Waals surface area (Å²) in [6.45, 7) is 3.36. The minimum absolute atomic E-state index is 0.240. The van der Waals surface area contributed by atoms with E-state index in [1.54, 1.807) is 16.8 Å².